The maximum Gasteiger partial charge on any atom is 0.335 e. The topological polar surface area (TPSA) is 81.5 Å². The highest BCUT2D eigenvalue weighted by molar-refractivity contribution is 7.14. The van der Waals surface area contributed by atoms with E-state index in [2.05, 4.69) is 9.97 Å². The molecule has 0 spiro atoms. The van der Waals surface area contributed by atoms with Crippen LogP contribution < -0.4 is 9.47 Å². The van der Waals surface area contributed by atoms with Crippen molar-refractivity contribution < 1.29 is 19.4 Å². The second kappa shape index (κ2) is 5.93. The zero-order chi connectivity index (χ0) is 16.5. The molecule has 0 aromatic carbocycles. The summed E-state index contributed by atoms with van der Waals surface area (Å²) in [6.45, 7) is 1.08. The van der Waals surface area contributed by atoms with Crippen molar-refractivity contribution in [3.8, 4) is 33.3 Å². The van der Waals surface area contributed by atoms with Gasteiger partial charge in [0.25, 0.3) is 0 Å². The molecule has 4 heterocycles. The molecule has 0 fully saturated rings. The van der Waals surface area contributed by atoms with Crippen LogP contribution in [0.4, 0.5) is 0 Å². The molecule has 1 N–H and O–H groups in total. The van der Waals surface area contributed by atoms with Crippen LogP contribution in [0.5, 0.6) is 11.5 Å². The van der Waals surface area contributed by atoms with Gasteiger partial charge in [-0.2, -0.15) is 0 Å². The molecule has 24 heavy (non-hydrogen) atoms. The number of fused-ring (bicyclic) bond motifs is 1. The summed E-state index contributed by atoms with van der Waals surface area (Å²) >= 11 is 1.54. The molecule has 7 heteroatoms. The lowest BCUT2D eigenvalue weighted by Gasteiger charge is -2.16. The number of carboxylic acid groups (broad SMARTS) is 1. The zero-order valence-electron chi connectivity index (χ0n) is 12.4. The Labute approximate surface area is 141 Å². The van der Waals surface area contributed by atoms with E-state index >= 15 is 0 Å². The first-order valence-corrected chi connectivity index (χ1v) is 8.13. The number of thiophene rings is 1. The van der Waals surface area contributed by atoms with Gasteiger partial charge in [-0.15, -0.1) is 11.3 Å². The number of pyridine rings is 2. The number of ether oxygens (including phenoxy) is 2. The van der Waals surface area contributed by atoms with E-state index in [0.717, 1.165) is 21.9 Å². The van der Waals surface area contributed by atoms with Gasteiger partial charge >= 0.3 is 5.97 Å². The first kappa shape index (κ1) is 14.6. The number of hydrogen-bond donors (Lipinski definition) is 1. The zero-order valence-corrected chi connectivity index (χ0v) is 13.2. The first-order chi connectivity index (χ1) is 11.7. The summed E-state index contributed by atoms with van der Waals surface area (Å²) in [5.74, 6) is 0.508. The monoisotopic (exact) mass is 340 g/mol. The van der Waals surface area contributed by atoms with E-state index in [1.165, 1.54) is 29.7 Å². The molecule has 3 aromatic heterocycles. The van der Waals surface area contributed by atoms with E-state index in [4.69, 9.17) is 14.6 Å². The summed E-state index contributed by atoms with van der Waals surface area (Å²) in [5, 5.41) is 11.0. The molecule has 1 aliphatic heterocycles. The number of rotatable bonds is 3. The third-order valence-corrected chi connectivity index (χ3v) is 4.58. The fourth-order valence-corrected chi connectivity index (χ4v) is 3.41. The summed E-state index contributed by atoms with van der Waals surface area (Å²) in [6, 6.07) is 6.72. The van der Waals surface area contributed by atoms with Gasteiger partial charge in [0.15, 0.2) is 11.5 Å². The Morgan fingerprint density at radius 3 is 2.67 bits per heavy atom. The molecule has 0 saturated heterocycles. The van der Waals surface area contributed by atoms with Gasteiger partial charge < -0.3 is 14.6 Å². The maximum absolute atomic E-state index is 11.1. The standard InChI is InChI=1S/C17H12N2O4S/c20-17(21)11-2-4-19-13(8-11)12-7-10(1-3-18-12)16-15-14(9-24-16)22-5-6-23-15/h1-4,7-9H,5-6H2,(H,20,21). The van der Waals surface area contributed by atoms with Crippen LogP contribution in [0, 0.1) is 0 Å². The number of nitrogens with zero attached hydrogens (tertiary/aromatic N) is 2. The van der Waals surface area contributed by atoms with E-state index in [9.17, 15) is 4.79 Å². The number of aromatic nitrogens is 2. The third kappa shape index (κ3) is 2.59. The van der Waals surface area contributed by atoms with E-state index in [1.807, 2.05) is 17.5 Å². The molecule has 6 nitrogen and oxygen atoms in total. The Hall–Kier alpha value is -2.93. The molecule has 0 atom stereocenters. The van der Waals surface area contributed by atoms with Gasteiger partial charge in [-0.3, -0.25) is 9.97 Å². The lowest BCUT2D eigenvalue weighted by Crippen LogP contribution is -2.14. The molecule has 0 saturated carbocycles. The van der Waals surface area contributed by atoms with E-state index in [0.29, 0.717) is 24.6 Å². The van der Waals surface area contributed by atoms with Gasteiger partial charge in [0, 0.05) is 17.8 Å². The van der Waals surface area contributed by atoms with Crippen molar-refractivity contribution in [3.05, 3.63) is 47.6 Å². The van der Waals surface area contributed by atoms with Crippen LogP contribution in [0.1, 0.15) is 10.4 Å². The van der Waals surface area contributed by atoms with Crippen LogP contribution >= 0.6 is 11.3 Å². The molecule has 0 unspecified atom stereocenters. The smallest absolute Gasteiger partial charge is 0.335 e. The molecule has 0 radical (unpaired) electrons. The van der Waals surface area contributed by atoms with E-state index < -0.39 is 5.97 Å². The fourth-order valence-electron chi connectivity index (χ4n) is 2.48. The van der Waals surface area contributed by atoms with Gasteiger partial charge in [-0.05, 0) is 29.8 Å². The quantitative estimate of drug-likeness (QED) is 0.787. The second-order valence-corrected chi connectivity index (χ2v) is 6.00. The first-order valence-electron chi connectivity index (χ1n) is 7.25. The van der Waals surface area contributed by atoms with Crippen molar-refractivity contribution in [2.45, 2.75) is 0 Å². The highest BCUT2D eigenvalue weighted by Crippen LogP contribution is 2.45. The largest absolute Gasteiger partial charge is 0.485 e. The average Bonchev–Trinajstić information content (AvgIpc) is 3.06. The molecule has 0 bridgehead atoms. The van der Waals surface area contributed by atoms with Gasteiger partial charge in [0.05, 0.1) is 21.8 Å². The number of carboxylic acids is 1. The number of carbonyl (C=O) groups is 1. The van der Waals surface area contributed by atoms with Crippen molar-refractivity contribution in [1.29, 1.82) is 0 Å². The minimum absolute atomic E-state index is 0.178. The van der Waals surface area contributed by atoms with Crippen molar-refractivity contribution in [1.82, 2.24) is 9.97 Å². The van der Waals surface area contributed by atoms with E-state index in [1.54, 1.807) is 6.20 Å². The summed E-state index contributed by atoms with van der Waals surface area (Å²) < 4.78 is 11.3. The summed E-state index contributed by atoms with van der Waals surface area (Å²) in [4.78, 5) is 20.6. The van der Waals surface area contributed by atoms with Crippen LogP contribution in [0.25, 0.3) is 21.8 Å². The Bertz CT molecular complexity index is 922. The van der Waals surface area contributed by atoms with Crippen molar-refractivity contribution in [2.75, 3.05) is 13.2 Å². The molecule has 0 aliphatic carbocycles. The van der Waals surface area contributed by atoms with Crippen molar-refractivity contribution in [2.24, 2.45) is 0 Å². The van der Waals surface area contributed by atoms with Crippen molar-refractivity contribution >= 4 is 17.3 Å². The highest BCUT2D eigenvalue weighted by Gasteiger charge is 2.20. The van der Waals surface area contributed by atoms with E-state index in [-0.39, 0.29) is 5.56 Å². The maximum atomic E-state index is 11.1. The minimum atomic E-state index is -0.993. The van der Waals surface area contributed by atoms with Gasteiger partial charge in [-0.25, -0.2) is 4.79 Å². The van der Waals surface area contributed by atoms with Crippen molar-refractivity contribution in [3.63, 3.8) is 0 Å². The molecular weight excluding hydrogens is 328 g/mol. The minimum Gasteiger partial charge on any atom is -0.485 e. The van der Waals surface area contributed by atoms with Crippen LogP contribution in [0.15, 0.2) is 42.0 Å². The third-order valence-electron chi connectivity index (χ3n) is 3.59. The highest BCUT2D eigenvalue weighted by atomic mass is 32.1. The average molecular weight is 340 g/mol. The Balaban J connectivity index is 1.76. The van der Waals surface area contributed by atoms with Crippen LogP contribution in [-0.4, -0.2) is 34.3 Å². The number of hydrogen-bond acceptors (Lipinski definition) is 6. The fraction of sp³-hybridized carbons (Fsp3) is 0.118. The predicted octanol–water partition coefficient (Wildman–Crippen LogP) is 3.34. The van der Waals surface area contributed by atoms with Crippen LogP contribution in [-0.2, 0) is 0 Å². The summed E-state index contributed by atoms with van der Waals surface area (Å²) in [7, 11) is 0. The van der Waals surface area contributed by atoms with Gasteiger partial charge in [-0.1, -0.05) is 0 Å². The normalized spacial score (nSPS) is 12.8. The molecule has 1 aliphatic rings. The number of aromatic carboxylic acids is 1. The Morgan fingerprint density at radius 1 is 1.08 bits per heavy atom. The predicted molar refractivity (Wildman–Crippen MR) is 88.7 cm³/mol. The lowest BCUT2D eigenvalue weighted by molar-refractivity contribution is 0.0697. The molecule has 0 amide bonds. The summed E-state index contributed by atoms with van der Waals surface area (Å²) in [6.07, 6.45) is 3.15. The molecule has 3 aromatic rings. The molecule has 4 rings (SSSR count). The van der Waals surface area contributed by atoms with Crippen LogP contribution in [0.2, 0.25) is 0 Å². The van der Waals surface area contributed by atoms with Gasteiger partial charge in [0.1, 0.15) is 13.2 Å². The van der Waals surface area contributed by atoms with Gasteiger partial charge in [0.2, 0.25) is 0 Å². The SMILES string of the molecule is O=C(O)c1ccnc(-c2cc(-c3scc4c3OCCO4)ccn2)c1. The molecular formula is C17H12N2O4S. The second-order valence-electron chi connectivity index (χ2n) is 5.12. The lowest BCUT2D eigenvalue weighted by atomic mass is 10.1. The Morgan fingerprint density at radius 2 is 1.83 bits per heavy atom. The summed E-state index contributed by atoms with van der Waals surface area (Å²) in [5.41, 5.74) is 2.23. The van der Waals surface area contributed by atoms with Crippen LogP contribution in [0.3, 0.4) is 0 Å². The molecule has 120 valence electrons. The Kier molecular flexibility index (Phi) is 3.62.